The first-order valence-corrected chi connectivity index (χ1v) is 19.9. The number of hydrogen-bond acceptors (Lipinski definition) is 5. The van der Waals surface area contributed by atoms with Crippen molar-refractivity contribution < 1.29 is 24.2 Å². The summed E-state index contributed by atoms with van der Waals surface area (Å²) in [5.74, 6) is -0.599. The van der Waals surface area contributed by atoms with Gasteiger partial charge in [0.05, 0.1) is 6.61 Å². The zero-order valence-electron chi connectivity index (χ0n) is 30.6. The van der Waals surface area contributed by atoms with Crippen LogP contribution in [0.2, 0.25) is 0 Å². The number of aliphatic hydroxyl groups is 1. The van der Waals surface area contributed by atoms with Crippen LogP contribution in [0, 0.1) is 0 Å². The van der Waals surface area contributed by atoms with E-state index in [1.165, 1.54) is 128 Å². The summed E-state index contributed by atoms with van der Waals surface area (Å²) in [4.78, 5) is 24.2. The van der Waals surface area contributed by atoms with Crippen LogP contribution in [0.1, 0.15) is 206 Å². The molecule has 5 nitrogen and oxygen atoms in total. The van der Waals surface area contributed by atoms with Crippen LogP contribution in [0.15, 0.2) is 24.3 Å². The number of esters is 2. The Morgan fingerprint density at radius 3 is 1.35 bits per heavy atom. The van der Waals surface area contributed by atoms with Crippen LogP contribution in [0.4, 0.5) is 0 Å². The van der Waals surface area contributed by atoms with E-state index in [1.807, 2.05) is 0 Å². The monoisotopic (exact) mass is 649 g/mol. The number of ether oxygens (including phenoxy) is 2. The molecule has 0 spiro atoms. The summed E-state index contributed by atoms with van der Waals surface area (Å²) in [7, 11) is 0. The summed E-state index contributed by atoms with van der Waals surface area (Å²) in [6, 6.07) is 0. The fraction of sp³-hybridized carbons (Fsp3) is 0.854. The predicted molar refractivity (Wildman–Crippen MR) is 196 cm³/mol. The summed E-state index contributed by atoms with van der Waals surface area (Å²) >= 11 is 0. The Labute approximate surface area is 285 Å². The Balaban J connectivity index is 3.53. The molecule has 0 amide bonds. The van der Waals surface area contributed by atoms with Crippen molar-refractivity contribution in [3.63, 3.8) is 0 Å². The van der Waals surface area contributed by atoms with Crippen LogP contribution in [0.3, 0.4) is 0 Å². The maximum Gasteiger partial charge on any atom is 0.306 e. The van der Waals surface area contributed by atoms with Crippen LogP contribution in [-0.4, -0.2) is 36.4 Å². The highest BCUT2D eigenvalue weighted by Crippen LogP contribution is 2.15. The second-order valence-electron chi connectivity index (χ2n) is 13.4. The smallest absolute Gasteiger partial charge is 0.306 e. The molecule has 0 aromatic heterocycles. The first kappa shape index (κ1) is 44.4. The standard InChI is InChI=1S/C41H76O5/c1-3-5-7-9-11-13-15-17-19-20-21-22-24-26-28-30-32-34-36-41(44)46-39(37-42)38-45-40(43)35-33-31-29-27-25-23-18-16-14-12-10-8-6-4-2/h10,12,16,18,39,42H,3-9,11,13-15,17,19-38H2,1-2H3/b12-10-,18-16-/t39-/m0/s1. The average Bonchev–Trinajstić information content (AvgIpc) is 3.06. The van der Waals surface area contributed by atoms with Gasteiger partial charge in [-0.2, -0.15) is 0 Å². The molecular weight excluding hydrogens is 572 g/mol. The van der Waals surface area contributed by atoms with E-state index in [0.717, 1.165) is 51.4 Å². The van der Waals surface area contributed by atoms with Gasteiger partial charge in [0.1, 0.15) is 6.61 Å². The Kier molecular flexibility index (Phi) is 36.5. The molecule has 46 heavy (non-hydrogen) atoms. The van der Waals surface area contributed by atoms with E-state index < -0.39 is 6.10 Å². The van der Waals surface area contributed by atoms with Crippen molar-refractivity contribution in [3.05, 3.63) is 24.3 Å². The van der Waals surface area contributed by atoms with Crippen LogP contribution in [0.25, 0.3) is 0 Å². The molecule has 1 N–H and O–H groups in total. The van der Waals surface area contributed by atoms with Gasteiger partial charge in [0.15, 0.2) is 6.10 Å². The fourth-order valence-corrected chi connectivity index (χ4v) is 5.69. The molecule has 0 aliphatic heterocycles. The van der Waals surface area contributed by atoms with E-state index in [-0.39, 0.29) is 25.2 Å². The van der Waals surface area contributed by atoms with Gasteiger partial charge >= 0.3 is 11.9 Å². The largest absolute Gasteiger partial charge is 0.462 e. The molecule has 0 bridgehead atoms. The SMILES string of the molecule is CCCC/C=C\C/C=C\CCCCCCCC(=O)OC[C@H](CO)OC(=O)CCCCCCCCCCCCCCCCCCCC. The molecule has 1 atom stereocenters. The summed E-state index contributed by atoms with van der Waals surface area (Å²) in [6.07, 6.45) is 43.8. The van der Waals surface area contributed by atoms with Gasteiger partial charge < -0.3 is 14.6 Å². The van der Waals surface area contributed by atoms with E-state index >= 15 is 0 Å². The third-order valence-electron chi connectivity index (χ3n) is 8.75. The third-order valence-corrected chi connectivity index (χ3v) is 8.75. The van der Waals surface area contributed by atoms with E-state index in [2.05, 4.69) is 38.2 Å². The molecule has 0 radical (unpaired) electrons. The molecule has 270 valence electrons. The Bertz CT molecular complexity index is 701. The molecule has 0 aromatic rings. The number of allylic oxidation sites excluding steroid dienone is 4. The van der Waals surface area contributed by atoms with Crippen molar-refractivity contribution in [2.24, 2.45) is 0 Å². The van der Waals surface area contributed by atoms with Crippen molar-refractivity contribution in [2.75, 3.05) is 13.2 Å². The number of aliphatic hydroxyl groups excluding tert-OH is 1. The van der Waals surface area contributed by atoms with E-state index in [9.17, 15) is 14.7 Å². The lowest BCUT2D eigenvalue weighted by Gasteiger charge is -2.15. The molecule has 0 fully saturated rings. The quantitative estimate of drug-likeness (QED) is 0.0416. The number of carbonyl (C=O) groups excluding carboxylic acids is 2. The molecule has 0 unspecified atom stereocenters. The van der Waals surface area contributed by atoms with Crippen molar-refractivity contribution in [3.8, 4) is 0 Å². The lowest BCUT2D eigenvalue weighted by atomic mass is 10.0. The van der Waals surface area contributed by atoms with Gasteiger partial charge in [-0.05, 0) is 38.5 Å². The maximum absolute atomic E-state index is 12.2. The van der Waals surface area contributed by atoms with Gasteiger partial charge in [0.2, 0.25) is 0 Å². The average molecular weight is 649 g/mol. The molecule has 5 heteroatoms. The molecule has 0 saturated heterocycles. The topological polar surface area (TPSA) is 72.8 Å². The minimum absolute atomic E-state index is 0.0691. The second kappa shape index (κ2) is 37.8. The maximum atomic E-state index is 12.2. The van der Waals surface area contributed by atoms with Gasteiger partial charge in [-0.1, -0.05) is 179 Å². The van der Waals surface area contributed by atoms with Crippen LogP contribution >= 0.6 is 0 Å². The highest BCUT2D eigenvalue weighted by atomic mass is 16.6. The zero-order valence-corrected chi connectivity index (χ0v) is 30.6. The number of carbonyl (C=O) groups is 2. The summed E-state index contributed by atoms with van der Waals surface area (Å²) in [5.41, 5.74) is 0. The van der Waals surface area contributed by atoms with Crippen molar-refractivity contribution in [1.82, 2.24) is 0 Å². The molecule has 0 heterocycles. The Morgan fingerprint density at radius 1 is 0.500 bits per heavy atom. The number of hydrogen-bond donors (Lipinski definition) is 1. The highest BCUT2D eigenvalue weighted by Gasteiger charge is 2.16. The van der Waals surface area contributed by atoms with Crippen LogP contribution in [0.5, 0.6) is 0 Å². The number of unbranched alkanes of at least 4 members (excludes halogenated alkanes) is 24. The molecule has 0 rings (SSSR count). The zero-order chi connectivity index (χ0) is 33.6. The minimum atomic E-state index is -0.771. The van der Waals surface area contributed by atoms with Crippen molar-refractivity contribution in [2.45, 2.75) is 213 Å². The summed E-state index contributed by atoms with van der Waals surface area (Å²) in [6.45, 7) is 4.10. The van der Waals surface area contributed by atoms with Gasteiger partial charge in [-0.15, -0.1) is 0 Å². The van der Waals surface area contributed by atoms with E-state index in [0.29, 0.717) is 12.8 Å². The lowest BCUT2D eigenvalue weighted by Crippen LogP contribution is -2.28. The molecular formula is C41H76O5. The molecule has 0 aliphatic carbocycles. The summed E-state index contributed by atoms with van der Waals surface area (Å²) in [5, 5.41) is 9.55. The van der Waals surface area contributed by atoms with Crippen molar-refractivity contribution >= 4 is 11.9 Å². The van der Waals surface area contributed by atoms with Crippen molar-refractivity contribution in [1.29, 1.82) is 0 Å². The van der Waals surface area contributed by atoms with Crippen LogP contribution < -0.4 is 0 Å². The lowest BCUT2D eigenvalue weighted by molar-refractivity contribution is -0.161. The third kappa shape index (κ3) is 35.2. The summed E-state index contributed by atoms with van der Waals surface area (Å²) < 4.78 is 10.6. The highest BCUT2D eigenvalue weighted by molar-refractivity contribution is 5.70. The first-order chi connectivity index (χ1) is 22.6. The predicted octanol–water partition coefficient (Wildman–Crippen LogP) is 12.3. The molecule has 0 aliphatic rings. The van der Waals surface area contributed by atoms with Crippen LogP contribution in [-0.2, 0) is 19.1 Å². The minimum Gasteiger partial charge on any atom is -0.462 e. The second-order valence-corrected chi connectivity index (χ2v) is 13.4. The van der Waals surface area contributed by atoms with Gasteiger partial charge in [-0.3, -0.25) is 9.59 Å². The molecule has 0 aromatic carbocycles. The fourth-order valence-electron chi connectivity index (χ4n) is 5.69. The van der Waals surface area contributed by atoms with Gasteiger partial charge in [-0.25, -0.2) is 0 Å². The van der Waals surface area contributed by atoms with Gasteiger partial charge in [0.25, 0.3) is 0 Å². The van der Waals surface area contributed by atoms with E-state index in [1.54, 1.807) is 0 Å². The van der Waals surface area contributed by atoms with Gasteiger partial charge in [0, 0.05) is 12.8 Å². The Hall–Kier alpha value is -1.62. The normalized spacial score (nSPS) is 12.3. The number of rotatable bonds is 36. The molecule has 0 saturated carbocycles. The first-order valence-electron chi connectivity index (χ1n) is 19.9. The van der Waals surface area contributed by atoms with E-state index in [4.69, 9.17) is 9.47 Å². The Morgan fingerprint density at radius 2 is 0.891 bits per heavy atom.